The highest BCUT2D eigenvalue weighted by molar-refractivity contribution is 5.99. The summed E-state index contributed by atoms with van der Waals surface area (Å²) in [6.45, 7) is 1.09. The minimum absolute atomic E-state index is 0.179. The summed E-state index contributed by atoms with van der Waals surface area (Å²) in [7, 11) is 1.12. The number of rotatable bonds is 4. The van der Waals surface area contributed by atoms with Crippen LogP contribution in [0, 0.1) is 0 Å². The third kappa shape index (κ3) is 3.90. The molecular formula is C11H14F3N3O. The molecule has 0 bridgehead atoms. The maximum absolute atomic E-state index is 12.2. The van der Waals surface area contributed by atoms with Crippen molar-refractivity contribution in [2.75, 3.05) is 25.5 Å². The zero-order valence-corrected chi connectivity index (χ0v) is 10.1. The van der Waals surface area contributed by atoms with E-state index in [0.717, 1.165) is 7.05 Å². The van der Waals surface area contributed by atoms with Crippen LogP contribution < -0.4 is 5.32 Å². The van der Waals surface area contributed by atoms with Crippen LogP contribution in [0.1, 0.15) is 17.3 Å². The maximum atomic E-state index is 12.2. The Labute approximate surface area is 103 Å². The first-order chi connectivity index (χ1) is 8.35. The molecular weight excluding hydrogens is 247 g/mol. The number of hydrogen-bond donors (Lipinski definition) is 1. The molecule has 1 aromatic rings. The predicted molar refractivity (Wildman–Crippen MR) is 61.4 cm³/mol. The molecule has 0 aliphatic heterocycles. The Morgan fingerprint density at radius 3 is 2.72 bits per heavy atom. The predicted octanol–water partition coefficient (Wildman–Crippen LogP) is 2.15. The number of carbonyl (C=O) groups excluding carboxylic acids is 1. The van der Waals surface area contributed by atoms with Crippen molar-refractivity contribution in [1.82, 2.24) is 9.88 Å². The van der Waals surface area contributed by atoms with Gasteiger partial charge in [0.2, 0.25) is 0 Å². The average molecular weight is 261 g/mol. The third-order valence-corrected chi connectivity index (χ3v) is 2.18. The Kier molecular flexibility index (Phi) is 4.52. The molecule has 0 radical (unpaired) electrons. The van der Waals surface area contributed by atoms with Gasteiger partial charge < -0.3 is 10.2 Å². The van der Waals surface area contributed by atoms with Crippen LogP contribution >= 0.6 is 0 Å². The highest BCUT2D eigenvalue weighted by Gasteiger charge is 2.32. The first kappa shape index (κ1) is 14.3. The number of pyridine rings is 1. The summed E-state index contributed by atoms with van der Waals surface area (Å²) in [4.78, 5) is 16.3. The SMILES string of the molecule is CCNc1cnccc1C(=O)N(C)CC(F)(F)F. The lowest BCUT2D eigenvalue weighted by Crippen LogP contribution is -2.36. The lowest BCUT2D eigenvalue weighted by Gasteiger charge is -2.20. The van der Waals surface area contributed by atoms with Crippen molar-refractivity contribution in [1.29, 1.82) is 0 Å². The van der Waals surface area contributed by atoms with E-state index in [1.54, 1.807) is 0 Å². The van der Waals surface area contributed by atoms with Gasteiger partial charge in [0.15, 0.2) is 0 Å². The maximum Gasteiger partial charge on any atom is 0.406 e. The first-order valence-electron chi connectivity index (χ1n) is 5.35. The molecule has 1 amide bonds. The van der Waals surface area contributed by atoms with Gasteiger partial charge in [-0.05, 0) is 13.0 Å². The number of halogens is 3. The first-order valence-corrected chi connectivity index (χ1v) is 5.35. The molecule has 0 spiro atoms. The van der Waals surface area contributed by atoms with Crippen molar-refractivity contribution in [2.45, 2.75) is 13.1 Å². The molecule has 18 heavy (non-hydrogen) atoms. The fourth-order valence-electron chi connectivity index (χ4n) is 1.46. The topological polar surface area (TPSA) is 45.2 Å². The van der Waals surface area contributed by atoms with Crippen molar-refractivity contribution >= 4 is 11.6 Å². The Hall–Kier alpha value is -1.79. The van der Waals surface area contributed by atoms with E-state index in [-0.39, 0.29) is 5.56 Å². The Morgan fingerprint density at radius 1 is 1.50 bits per heavy atom. The zero-order valence-electron chi connectivity index (χ0n) is 10.1. The summed E-state index contributed by atoms with van der Waals surface area (Å²) in [5.74, 6) is -0.689. The second kappa shape index (κ2) is 5.70. The summed E-state index contributed by atoms with van der Waals surface area (Å²) in [5.41, 5.74) is 0.609. The number of carbonyl (C=O) groups is 1. The number of anilines is 1. The second-order valence-electron chi connectivity index (χ2n) is 3.73. The molecule has 1 rings (SSSR count). The monoisotopic (exact) mass is 261 g/mol. The fourth-order valence-corrected chi connectivity index (χ4v) is 1.46. The van der Waals surface area contributed by atoms with E-state index in [1.807, 2.05) is 6.92 Å². The van der Waals surface area contributed by atoms with Crippen molar-refractivity contribution < 1.29 is 18.0 Å². The third-order valence-electron chi connectivity index (χ3n) is 2.18. The summed E-state index contributed by atoms with van der Waals surface area (Å²) in [6, 6.07) is 1.40. The number of alkyl halides is 3. The van der Waals surface area contributed by atoms with Gasteiger partial charge in [0.25, 0.3) is 5.91 Å². The van der Waals surface area contributed by atoms with Crippen LogP contribution in [-0.2, 0) is 0 Å². The zero-order chi connectivity index (χ0) is 13.8. The summed E-state index contributed by atoms with van der Waals surface area (Å²) >= 11 is 0. The minimum atomic E-state index is -4.41. The van der Waals surface area contributed by atoms with Crippen LogP contribution in [0.4, 0.5) is 18.9 Å². The molecule has 1 aromatic heterocycles. The standard InChI is InChI=1S/C11H14F3N3O/c1-3-16-9-6-15-5-4-8(9)10(18)17(2)7-11(12,13)14/h4-6,16H,3,7H2,1-2H3. The molecule has 1 heterocycles. The van der Waals surface area contributed by atoms with E-state index in [0.29, 0.717) is 17.1 Å². The fraction of sp³-hybridized carbons (Fsp3) is 0.455. The molecule has 0 saturated carbocycles. The van der Waals surface area contributed by atoms with E-state index in [1.165, 1.54) is 18.5 Å². The van der Waals surface area contributed by atoms with Gasteiger partial charge in [0.1, 0.15) is 6.54 Å². The number of amides is 1. The largest absolute Gasteiger partial charge is 0.406 e. The van der Waals surface area contributed by atoms with Crippen LogP contribution in [0.15, 0.2) is 18.5 Å². The normalized spacial score (nSPS) is 11.2. The van der Waals surface area contributed by atoms with E-state index in [9.17, 15) is 18.0 Å². The number of nitrogens with zero attached hydrogens (tertiary/aromatic N) is 2. The van der Waals surface area contributed by atoms with Gasteiger partial charge in [-0.15, -0.1) is 0 Å². The van der Waals surface area contributed by atoms with Gasteiger partial charge in [-0.1, -0.05) is 0 Å². The summed E-state index contributed by atoms with van der Waals surface area (Å²) < 4.78 is 36.6. The van der Waals surface area contributed by atoms with Gasteiger partial charge in [0.05, 0.1) is 17.4 Å². The number of nitrogens with one attached hydrogen (secondary N) is 1. The van der Waals surface area contributed by atoms with Crippen molar-refractivity contribution in [3.63, 3.8) is 0 Å². The van der Waals surface area contributed by atoms with Crippen LogP contribution in [0.2, 0.25) is 0 Å². The number of aromatic nitrogens is 1. The van der Waals surface area contributed by atoms with E-state index >= 15 is 0 Å². The summed E-state index contributed by atoms with van der Waals surface area (Å²) in [6.07, 6.45) is -1.62. The Balaban J connectivity index is 2.89. The van der Waals surface area contributed by atoms with Crippen LogP contribution in [0.3, 0.4) is 0 Å². The van der Waals surface area contributed by atoms with Crippen LogP contribution in [0.25, 0.3) is 0 Å². The highest BCUT2D eigenvalue weighted by atomic mass is 19.4. The van der Waals surface area contributed by atoms with E-state index in [4.69, 9.17) is 0 Å². The van der Waals surface area contributed by atoms with Crippen molar-refractivity contribution in [3.05, 3.63) is 24.0 Å². The Bertz CT molecular complexity index is 420. The molecule has 4 nitrogen and oxygen atoms in total. The van der Waals surface area contributed by atoms with Crippen LogP contribution in [0.5, 0.6) is 0 Å². The van der Waals surface area contributed by atoms with Gasteiger partial charge >= 0.3 is 6.18 Å². The molecule has 0 aliphatic rings. The van der Waals surface area contributed by atoms with E-state index in [2.05, 4.69) is 10.3 Å². The van der Waals surface area contributed by atoms with Crippen molar-refractivity contribution in [2.24, 2.45) is 0 Å². The Morgan fingerprint density at radius 2 is 2.17 bits per heavy atom. The quantitative estimate of drug-likeness (QED) is 0.903. The van der Waals surface area contributed by atoms with Gasteiger partial charge in [-0.3, -0.25) is 9.78 Å². The molecule has 1 N–H and O–H groups in total. The van der Waals surface area contributed by atoms with Crippen LogP contribution in [-0.4, -0.2) is 42.1 Å². The number of hydrogen-bond acceptors (Lipinski definition) is 3. The molecule has 0 atom stereocenters. The van der Waals surface area contributed by atoms with Crippen molar-refractivity contribution in [3.8, 4) is 0 Å². The van der Waals surface area contributed by atoms with Gasteiger partial charge in [0, 0.05) is 19.8 Å². The highest BCUT2D eigenvalue weighted by Crippen LogP contribution is 2.19. The molecule has 100 valence electrons. The average Bonchev–Trinajstić information content (AvgIpc) is 2.27. The van der Waals surface area contributed by atoms with E-state index < -0.39 is 18.6 Å². The molecule has 0 unspecified atom stereocenters. The lowest BCUT2D eigenvalue weighted by atomic mass is 10.2. The molecule has 0 saturated heterocycles. The summed E-state index contributed by atoms with van der Waals surface area (Å²) in [5, 5.41) is 2.88. The minimum Gasteiger partial charge on any atom is -0.383 e. The molecule has 0 fully saturated rings. The molecule has 0 aromatic carbocycles. The smallest absolute Gasteiger partial charge is 0.383 e. The second-order valence-corrected chi connectivity index (χ2v) is 3.73. The molecule has 7 heteroatoms. The lowest BCUT2D eigenvalue weighted by molar-refractivity contribution is -0.138. The molecule has 0 aliphatic carbocycles. The van der Waals surface area contributed by atoms with Gasteiger partial charge in [-0.2, -0.15) is 13.2 Å². The van der Waals surface area contributed by atoms with Gasteiger partial charge in [-0.25, -0.2) is 0 Å².